The fourth-order valence-electron chi connectivity index (χ4n) is 1.75. The molecule has 4 N–H and O–H groups in total. The van der Waals surface area contributed by atoms with E-state index < -0.39 is 15.8 Å². The van der Waals surface area contributed by atoms with Gasteiger partial charge in [0.1, 0.15) is 5.82 Å². The summed E-state index contributed by atoms with van der Waals surface area (Å²) in [6.45, 7) is 5.37. The highest BCUT2D eigenvalue weighted by Gasteiger charge is 2.12. The molecule has 7 heteroatoms. The number of hydrogen-bond acceptors (Lipinski definition) is 4. The van der Waals surface area contributed by atoms with Crippen molar-refractivity contribution in [2.75, 3.05) is 29.4 Å². The highest BCUT2D eigenvalue weighted by atomic mass is 32.2. The van der Waals surface area contributed by atoms with Gasteiger partial charge < -0.3 is 11.1 Å². The van der Waals surface area contributed by atoms with E-state index in [4.69, 9.17) is 5.73 Å². The second kappa shape index (κ2) is 6.90. The molecule has 0 amide bonds. The molecule has 1 aromatic rings. The number of nitrogens with one attached hydrogen (secondary N) is 2. The van der Waals surface area contributed by atoms with Crippen molar-refractivity contribution in [1.29, 1.82) is 0 Å². The summed E-state index contributed by atoms with van der Waals surface area (Å²) in [5.41, 5.74) is 6.27. The standard InChI is InChI=1S/C13H22FN3O2S/c1-9(2)10(7-15)8-16-11-4-5-12(14)13(6-11)17-20(3,18)19/h4-6,9-10,16-17H,7-8,15H2,1-3H3. The fourth-order valence-corrected chi connectivity index (χ4v) is 2.31. The van der Waals surface area contributed by atoms with Gasteiger partial charge in [-0.2, -0.15) is 0 Å². The molecule has 5 nitrogen and oxygen atoms in total. The smallest absolute Gasteiger partial charge is 0.229 e. The van der Waals surface area contributed by atoms with Crippen molar-refractivity contribution in [2.24, 2.45) is 17.6 Å². The van der Waals surface area contributed by atoms with Crippen LogP contribution in [0.3, 0.4) is 0 Å². The highest BCUT2D eigenvalue weighted by Crippen LogP contribution is 2.21. The van der Waals surface area contributed by atoms with Crippen LogP contribution >= 0.6 is 0 Å². The molecule has 0 spiro atoms. The van der Waals surface area contributed by atoms with Crippen LogP contribution in [0.4, 0.5) is 15.8 Å². The molecule has 20 heavy (non-hydrogen) atoms. The summed E-state index contributed by atoms with van der Waals surface area (Å²) in [6, 6.07) is 4.23. The van der Waals surface area contributed by atoms with E-state index >= 15 is 0 Å². The molecule has 1 unspecified atom stereocenters. The van der Waals surface area contributed by atoms with Gasteiger partial charge in [0.25, 0.3) is 0 Å². The lowest BCUT2D eigenvalue weighted by molar-refractivity contribution is 0.413. The van der Waals surface area contributed by atoms with E-state index in [-0.39, 0.29) is 5.69 Å². The molecule has 0 aliphatic rings. The van der Waals surface area contributed by atoms with Gasteiger partial charge in [-0.05, 0) is 36.6 Å². The topological polar surface area (TPSA) is 84.2 Å². The van der Waals surface area contributed by atoms with Gasteiger partial charge in [0, 0.05) is 12.2 Å². The third-order valence-corrected chi connectivity index (χ3v) is 3.67. The lowest BCUT2D eigenvalue weighted by Gasteiger charge is -2.20. The number of hydrogen-bond donors (Lipinski definition) is 3. The molecule has 1 atom stereocenters. The monoisotopic (exact) mass is 303 g/mol. The van der Waals surface area contributed by atoms with Crippen LogP contribution in [0.1, 0.15) is 13.8 Å². The van der Waals surface area contributed by atoms with Gasteiger partial charge in [-0.1, -0.05) is 13.8 Å². The summed E-state index contributed by atoms with van der Waals surface area (Å²) in [4.78, 5) is 0. The molecule has 0 aliphatic carbocycles. The Morgan fingerprint density at radius 2 is 2.00 bits per heavy atom. The molecule has 1 rings (SSSR count). The number of halogens is 1. The van der Waals surface area contributed by atoms with Gasteiger partial charge in [-0.15, -0.1) is 0 Å². The number of benzene rings is 1. The lowest BCUT2D eigenvalue weighted by Crippen LogP contribution is -2.27. The molecule has 0 aliphatic heterocycles. The summed E-state index contributed by atoms with van der Waals surface area (Å²) in [6.07, 6.45) is 0.982. The first kappa shape index (κ1) is 16.7. The number of anilines is 2. The van der Waals surface area contributed by atoms with Gasteiger partial charge in [0.15, 0.2) is 0 Å². The van der Waals surface area contributed by atoms with E-state index in [2.05, 4.69) is 23.9 Å². The van der Waals surface area contributed by atoms with Crippen LogP contribution in [-0.4, -0.2) is 27.8 Å². The van der Waals surface area contributed by atoms with Crippen molar-refractivity contribution in [3.63, 3.8) is 0 Å². The first-order valence-electron chi connectivity index (χ1n) is 6.44. The second-order valence-corrected chi connectivity index (χ2v) is 6.94. The van der Waals surface area contributed by atoms with Gasteiger partial charge in [-0.3, -0.25) is 4.72 Å². The minimum atomic E-state index is -3.50. The van der Waals surface area contributed by atoms with Crippen LogP contribution in [0.5, 0.6) is 0 Å². The molecular formula is C13H22FN3O2S. The maximum absolute atomic E-state index is 13.5. The second-order valence-electron chi connectivity index (χ2n) is 5.19. The zero-order chi connectivity index (χ0) is 15.3. The quantitative estimate of drug-likeness (QED) is 0.717. The van der Waals surface area contributed by atoms with Crippen LogP contribution in [0.25, 0.3) is 0 Å². The summed E-state index contributed by atoms with van der Waals surface area (Å²) < 4.78 is 38.0. The Balaban J connectivity index is 2.80. The molecule has 0 saturated heterocycles. The van der Waals surface area contributed by atoms with Gasteiger partial charge >= 0.3 is 0 Å². The van der Waals surface area contributed by atoms with Crippen LogP contribution in [0.15, 0.2) is 18.2 Å². The van der Waals surface area contributed by atoms with Crippen LogP contribution in [0.2, 0.25) is 0 Å². The summed E-state index contributed by atoms with van der Waals surface area (Å²) in [5.74, 6) is 0.119. The zero-order valence-electron chi connectivity index (χ0n) is 12.0. The Labute approximate surface area is 119 Å². The van der Waals surface area contributed by atoms with Crippen molar-refractivity contribution < 1.29 is 12.8 Å². The largest absolute Gasteiger partial charge is 0.385 e. The Kier molecular flexibility index (Phi) is 5.76. The summed E-state index contributed by atoms with van der Waals surface area (Å²) >= 11 is 0. The predicted octanol–water partition coefficient (Wildman–Crippen LogP) is 1.84. The summed E-state index contributed by atoms with van der Waals surface area (Å²) in [5, 5.41) is 3.15. The fraction of sp³-hybridized carbons (Fsp3) is 0.538. The number of rotatable bonds is 7. The Hall–Kier alpha value is -1.34. The maximum atomic E-state index is 13.5. The molecule has 0 radical (unpaired) electrons. The van der Waals surface area contributed by atoms with E-state index in [0.29, 0.717) is 30.6 Å². The summed E-state index contributed by atoms with van der Waals surface area (Å²) in [7, 11) is -3.50. The van der Waals surface area contributed by atoms with E-state index in [0.717, 1.165) is 6.26 Å². The molecule has 0 heterocycles. The van der Waals surface area contributed by atoms with Crippen molar-refractivity contribution in [3.05, 3.63) is 24.0 Å². The molecule has 0 bridgehead atoms. The third-order valence-electron chi connectivity index (χ3n) is 3.08. The van der Waals surface area contributed by atoms with Crippen LogP contribution in [0, 0.1) is 17.7 Å². The normalized spacial score (nSPS) is 13.3. The maximum Gasteiger partial charge on any atom is 0.229 e. The first-order valence-corrected chi connectivity index (χ1v) is 8.33. The van der Waals surface area contributed by atoms with E-state index in [1.54, 1.807) is 6.07 Å². The molecule has 114 valence electrons. The Morgan fingerprint density at radius 1 is 1.35 bits per heavy atom. The lowest BCUT2D eigenvalue weighted by atomic mass is 9.96. The van der Waals surface area contributed by atoms with Crippen molar-refractivity contribution >= 4 is 21.4 Å². The average molecular weight is 303 g/mol. The molecular weight excluding hydrogens is 281 g/mol. The average Bonchev–Trinajstić information content (AvgIpc) is 2.31. The van der Waals surface area contributed by atoms with Gasteiger partial charge in [0.05, 0.1) is 11.9 Å². The van der Waals surface area contributed by atoms with E-state index in [9.17, 15) is 12.8 Å². The van der Waals surface area contributed by atoms with Crippen molar-refractivity contribution in [2.45, 2.75) is 13.8 Å². The molecule has 0 saturated carbocycles. The molecule has 0 aromatic heterocycles. The van der Waals surface area contributed by atoms with E-state index in [1.165, 1.54) is 12.1 Å². The van der Waals surface area contributed by atoms with E-state index in [1.807, 2.05) is 0 Å². The SMILES string of the molecule is CC(C)C(CN)CNc1ccc(F)c(NS(C)(=O)=O)c1. The third kappa shape index (κ3) is 5.34. The molecule has 0 fully saturated rings. The highest BCUT2D eigenvalue weighted by molar-refractivity contribution is 7.92. The number of nitrogens with two attached hydrogens (primary N) is 1. The molecule has 1 aromatic carbocycles. The van der Waals surface area contributed by atoms with Gasteiger partial charge in [-0.25, -0.2) is 12.8 Å². The minimum Gasteiger partial charge on any atom is -0.385 e. The predicted molar refractivity (Wildman–Crippen MR) is 80.7 cm³/mol. The van der Waals surface area contributed by atoms with Gasteiger partial charge in [0.2, 0.25) is 10.0 Å². The zero-order valence-corrected chi connectivity index (χ0v) is 12.8. The first-order chi connectivity index (χ1) is 9.23. The van der Waals surface area contributed by atoms with Crippen molar-refractivity contribution in [1.82, 2.24) is 0 Å². The number of sulfonamides is 1. The minimum absolute atomic E-state index is 0.0636. The Morgan fingerprint density at radius 3 is 2.50 bits per heavy atom. The van der Waals surface area contributed by atoms with Crippen LogP contribution in [-0.2, 0) is 10.0 Å². The Bertz CT molecular complexity index is 547. The van der Waals surface area contributed by atoms with Crippen molar-refractivity contribution in [3.8, 4) is 0 Å². The van der Waals surface area contributed by atoms with Crippen LogP contribution < -0.4 is 15.8 Å².